The maximum atomic E-state index is 14.7. The van der Waals surface area contributed by atoms with Gasteiger partial charge in [0.25, 0.3) is 0 Å². The number of benzene rings is 1. The van der Waals surface area contributed by atoms with E-state index in [0.29, 0.717) is 17.3 Å². The minimum absolute atomic E-state index is 0.198. The highest BCUT2D eigenvalue weighted by Gasteiger charge is 2.52. The molecule has 1 spiro atoms. The summed E-state index contributed by atoms with van der Waals surface area (Å²) >= 11 is 0. The van der Waals surface area contributed by atoms with Crippen molar-refractivity contribution in [1.29, 1.82) is 0 Å². The summed E-state index contributed by atoms with van der Waals surface area (Å²) in [5.41, 5.74) is 1.10. The van der Waals surface area contributed by atoms with Crippen LogP contribution in [-0.2, 0) is 4.74 Å². The molecule has 0 unspecified atom stereocenters. The zero-order valence-electron chi connectivity index (χ0n) is 19.6. The highest BCUT2D eigenvalue weighted by molar-refractivity contribution is 5.68. The number of likely N-dealkylation sites (tertiary alicyclic amines) is 2. The third-order valence-electron chi connectivity index (χ3n) is 6.84. The summed E-state index contributed by atoms with van der Waals surface area (Å²) in [6.07, 6.45) is 3.30. The summed E-state index contributed by atoms with van der Waals surface area (Å²) in [4.78, 5) is 18.7. The van der Waals surface area contributed by atoms with Crippen LogP contribution >= 0.6 is 0 Å². The molecule has 10 heteroatoms. The fourth-order valence-corrected chi connectivity index (χ4v) is 5.33. The second-order valence-electron chi connectivity index (χ2n) is 10.8. The molecule has 0 saturated carbocycles. The number of ether oxygens (including phenoxy) is 1. The average Bonchev–Trinajstić information content (AvgIpc) is 3.23. The van der Waals surface area contributed by atoms with E-state index >= 15 is 0 Å². The van der Waals surface area contributed by atoms with Crippen LogP contribution in [0.3, 0.4) is 0 Å². The van der Waals surface area contributed by atoms with Crippen molar-refractivity contribution in [2.75, 3.05) is 50.7 Å². The number of piperidine rings is 1. The normalized spacial score (nSPS) is 21.1. The molecule has 0 bridgehead atoms. The minimum Gasteiger partial charge on any atom is -0.444 e. The number of nitrogens with zero attached hydrogens (tertiary/aromatic N) is 7. The lowest BCUT2D eigenvalue weighted by molar-refractivity contribution is -0.0370. The van der Waals surface area contributed by atoms with Crippen molar-refractivity contribution in [1.82, 2.24) is 30.0 Å². The van der Waals surface area contributed by atoms with Gasteiger partial charge in [-0.2, -0.15) is 0 Å². The smallest absolute Gasteiger partial charge is 0.410 e. The summed E-state index contributed by atoms with van der Waals surface area (Å²) in [5, 5.41) is 11.0. The topological polar surface area (TPSA) is 79.6 Å². The SMILES string of the molecule is CC(C)(C)OC(=O)N1CCC(CN2CC3(C2)CN(c2ccc(-n4cnnn4)cc2F)C3)CC1. The van der Waals surface area contributed by atoms with Crippen molar-refractivity contribution in [2.45, 2.75) is 39.2 Å². The number of aromatic nitrogens is 4. The molecule has 4 heterocycles. The van der Waals surface area contributed by atoms with E-state index in [1.54, 1.807) is 0 Å². The first-order valence-electron chi connectivity index (χ1n) is 11.7. The van der Waals surface area contributed by atoms with Crippen molar-refractivity contribution in [3.05, 3.63) is 30.3 Å². The summed E-state index contributed by atoms with van der Waals surface area (Å²) in [6.45, 7) is 12.2. The Hall–Kier alpha value is -2.75. The first-order valence-corrected chi connectivity index (χ1v) is 11.7. The van der Waals surface area contributed by atoms with Crippen LogP contribution in [0.15, 0.2) is 24.5 Å². The quantitative estimate of drug-likeness (QED) is 0.698. The standard InChI is InChI=1S/C23H32FN7O2/c1-22(2,3)33-21(32)29-8-6-17(7-9-29)11-28-12-23(13-28)14-30(15-23)20-5-4-18(10-19(20)24)31-16-25-26-27-31/h4-5,10,16-17H,6-9,11-15H2,1-3H3. The van der Waals surface area contributed by atoms with Crippen molar-refractivity contribution < 1.29 is 13.9 Å². The highest BCUT2D eigenvalue weighted by Crippen LogP contribution is 2.43. The maximum Gasteiger partial charge on any atom is 0.410 e. The molecule has 1 aromatic carbocycles. The second kappa shape index (κ2) is 8.23. The number of hydrogen-bond donors (Lipinski definition) is 0. The van der Waals surface area contributed by atoms with Crippen molar-refractivity contribution in [2.24, 2.45) is 11.3 Å². The predicted octanol–water partition coefficient (Wildman–Crippen LogP) is 2.57. The lowest BCUT2D eigenvalue weighted by Crippen LogP contribution is -2.72. The Kier molecular flexibility index (Phi) is 5.50. The summed E-state index contributed by atoms with van der Waals surface area (Å²) in [7, 11) is 0. The van der Waals surface area contributed by atoms with E-state index in [1.165, 1.54) is 17.1 Å². The molecule has 1 amide bonds. The number of hydrogen-bond acceptors (Lipinski definition) is 7. The third kappa shape index (κ3) is 4.66. The van der Waals surface area contributed by atoms with E-state index in [-0.39, 0.29) is 17.3 Å². The van der Waals surface area contributed by atoms with E-state index in [2.05, 4.69) is 25.3 Å². The molecule has 178 valence electrons. The molecule has 33 heavy (non-hydrogen) atoms. The van der Waals surface area contributed by atoms with Gasteiger partial charge in [-0.25, -0.2) is 13.9 Å². The number of amides is 1. The van der Waals surface area contributed by atoms with E-state index in [1.807, 2.05) is 37.8 Å². The van der Waals surface area contributed by atoms with Gasteiger partial charge >= 0.3 is 6.09 Å². The first-order chi connectivity index (χ1) is 15.7. The van der Waals surface area contributed by atoms with Gasteiger partial charge < -0.3 is 19.4 Å². The van der Waals surface area contributed by atoms with Crippen LogP contribution in [-0.4, -0.2) is 87.5 Å². The van der Waals surface area contributed by atoms with Crippen LogP contribution in [0, 0.1) is 17.2 Å². The Labute approximate surface area is 193 Å². The van der Waals surface area contributed by atoms with Gasteiger partial charge in [-0.15, -0.1) is 5.10 Å². The molecular weight excluding hydrogens is 425 g/mol. The number of halogens is 1. The molecule has 0 aliphatic carbocycles. The van der Waals surface area contributed by atoms with E-state index in [9.17, 15) is 9.18 Å². The second-order valence-corrected chi connectivity index (χ2v) is 10.8. The molecule has 9 nitrogen and oxygen atoms in total. The van der Waals surface area contributed by atoms with Crippen molar-refractivity contribution in [3.63, 3.8) is 0 Å². The molecule has 0 atom stereocenters. The predicted molar refractivity (Wildman–Crippen MR) is 121 cm³/mol. The molecule has 3 aliphatic heterocycles. The zero-order chi connectivity index (χ0) is 23.2. The largest absolute Gasteiger partial charge is 0.444 e. The Morgan fingerprint density at radius 1 is 1.18 bits per heavy atom. The number of rotatable bonds is 4. The highest BCUT2D eigenvalue weighted by atomic mass is 19.1. The van der Waals surface area contributed by atoms with Crippen LogP contribution in [0.4, 0.5) is 14.9 Å². The molecule has 0 radical (unpaired) electrons. The Morgan fingerprint density at radius 2 is 1.91 bits per heavy atom. The van der Waals surface area contributed by atoms with Gasteiger partial charge in [0.2, 0.25) is 0 Å². The summed E-state index contributed by atoms with van der Waals surface area (Å²) in [5.74, 6) is 0.374. The van der Waals surface area contributed by atoms with Gasteiger partial charge in [-0.05, 0) is 62.1 Å². The van der Waals surface area contributed by atoms with Gasteiger partial charge in [-0.1, -0.05) is 0 Å². The maximum absolute atomic E-state index is 14.7. The first kappa shape index (κ1) is 22.1. The van der Waals surface area contributed by atoms with Crippen LogP contribution in [0.5, 0.6) is 0 Å². The lowest BCUT2D eigenvalue weighted by Gasteiger charge is -2.61. The monoisotopic (exact) mass is 457 g/mol. The van der Waals surface area contributed by atoms with E-state index < -0.39 is 5.60 Å². The van der Waals surface area contributed by atoms with Gasteiger partial charge in [0, 0.05) is 57.3 Å². The van der Waals surface area contributed by atoms with Crippen LogP contribution in [0.25, 0.3) is 5.69 Å². The van der Waals surface area contributed by atoms with Gasteiger partial charge in [0.1, 0.15) is 17.7 Å². The summed E-state index contributed by atoms with van der Waals surface area (Å²) < 4.78 is 21.6. The van der Waals surface area contributed by atoms with Crippen LogP contribution in [0.2, 0.25) is 0 Å². The molecule has 3 fully saturated rings. The van der Waals surface area contributed by atoms with Crippen LogP contribution in [0.1, 0.15) is 33.6 Å². The Balaban J connectivity index is 1.05. The molecule has 2 aromatic rings. The third-order valence-corrected chi connectivity index (χ3v) is 6.84. The number of carbonyl (C=O) groups excluding carboxylic acids is 1. The van der Waals surface area contributed by atoms with Gasteiger partial charge in [0.15, 0.2) is 0 Å². The molecule has 3 aliphatic rings. The Bertz CT molecular complexity index is 985. The molecule has 3 saturated heterocycles. The Morgan fingerprint density at radius 3 is 2.52 bits per heavy atom. The number of tetrazole rings is 1. The number of anilines is 1. The average molecular weight is 458 g/mol. The number of carbonyl (C=O) groups is 1. The van der Waals surface area contributed by atoms with E-state index in [4.69, 9.17) is 4.74 Å². The van der Waals surface area contributed by atoms with Crippen molar-refractivity contribution >= 4 is 11.8 Å². The molecular formula is C23H32FN7O2. The fraction of sp³-hybridized carbons (Fsp3) is 0.652. The fourth-order valence-electron chi connectivity index (χ4n) is 5.33. The van der Waals surface area contributed by atoms with E-state index in [0.717, 1.165) is 58.7 Å². The minimum atomic E-state index is -0.448. The van der Waals surface area contributed by atoms with Gasteiger partial charge in [-0.3, -0.25) is 0 Å². The van der Waals surface area contributed by atoms with Crippen molar-refractivity contribution in [3.8, 4) is 5.69 Å². The van der Waals surface area contributed by atoms with Crippen LogP contribution < -0.4 is 4.90 Å². The summed E-state index contributed by atoms with van der Waals surface area (Å²) in [6, 6.07) is 5.14. The molecule has 0 N–H and O–H groups in total. The van der Waals surface area contributed by atoms with Gasteiger partial charge in [0.05, 0.1) is 11.4 Å². The zero-order valence-corrected chi connectivity index (χ0v) is 19.6. The molecule has 1 aromatic heterocycles. The lowest BCUT2D eigenvalue weighted by atomic mass is 9.72. The molecule has 5 rings (SSSR count).